The Hall–Kier alpha value is -0.770. The maximum absolute atomic E-state index is 12.0. The van der Waals surface area contributed by atoms with Crippen LogP contribution in [0.5, 0.6) is 0 Å². The molecule has 1 heterocycles. The third-order valence-electron chi connectivity index (χ3n) is 3.31. The SMILES string of the molecule is C[C@H](O)[C@@H]1C[C@@H]2C[C@@H]2N1C(=O)OC(C)(C)C. The Morgan fingerprint density at radius 3 is 2.56 bits per heavy atom. The second-order valence-electron chi connectivity index (χ2n) is 5.99. The number of hydrogen-bond acceptors (Lipinski definition) is 3. The van der Waals surface area contributed by atoms with Crippen LogP contribution in [0.2, 0.25) is 0 Å². The van der Waals surface area contributed by atoms with E-state index in [4.69, 9.17) is 4.74 Å². The number of piperidine rings is 1. The third-order valence-corrected chi connectivity index (χ3v) is 3.31. The van der Waals surface area contributed by atoms with Gasteiger partial charge in [-0.15, -0.1) is 0 Å². The first-order valence-corrected chi connectivity index (χ1v) is 5.99. The minimum absolute atomic E-state index is 0.0569. The van der Waals surface area contributed by atoms with Gasteiger partial charge in [0.2, 0.25) is 0 Å². The van der Waals surface area contributed by atoms with Crippen LogP contribution in [0.15, 0.2) is 0 Å². The van der Waals surface area contributed by atoms with Gasteiger partial charge in [0.1, 0.15) is 5.60 Å². The summed E-state index contributed by atoms with van der Waals surface area (Å²) in [5.41, 5.74) is -0.465. The molecule has 2 fully saturated rings. The van der Waals surface area contributed by atoms with Gasteiger partial charge in [0.05, 0.1) is 12.1 Å². The van der Waals surface area contributed by atoms with Crippen molar-refractivity contribution >= 4 is 6.09 Å². The Balaban J connectivity index is 2.04. The van der Waals surface area contributed by atoms with Gasteiger partial charge in [-0.1, -0.05) is 0 Å². The van der Waals surface area contributed by atoms with Gasteiger partial charge in [-0.2, -0.15) is 0 Å². The quantitative estimate of drug-likeness (QED) is 0.742. The lowest BCUT2D eigenvalue weighted by Crippen LogP contribution is -2.46. The maximum atomic E-state index is 12.0. The van der Waals surface area contributed by atoms with Crippen molar-refractivity contribution in [2.45, 2.75) is 64.3 Å². The smallest absolute Gasteiger partial charge is 0.410 e. The van der Waals surface area contributed by atoms with Crippen LogP contribution >= 0.6 is 0 Å². The van der Waals surface area contributed by atoms with E-state index in [2.05, 4.69) is 0 Å². The minimum atomic E-state index is -0.472. The van der Waals surface area contributed by atoms with E-state index in [1.807, 2.05) is 20.8 Å². The fourth-order valence-corrected chi connectivity index (χ4v) is 2.51. The number of carbonyl (C=O) groups excluding carboxylic acids is 1. The predicted molar refractivity (Wildman–Crippen MR) is 60.1 cm³/mol. The summed E-state index contributed by atoms with van der Waals surface area (Å²) in [6.07, 6.45) is 1.24. The van der Waals surface area contributed by atoms with Crippen molar-refractivity contribution in [3.05, 3.63) is 0 Å². The van der Waals surface area contributed by atoms with Crippen LogP contribution in [0.3, 0.4) is 0 Å². The predicted octanol–water partition coefficient (Wildman–Crippen LogP) is 1.77. The Bertz CT molecular complexity index is 295. The van der Waals surface area contributed by atoms with Crippen molar-refractivity contribution in [1.82, 2.24) is 4.90 Å². The molecule has 0 unspecified atom stereocenters. The molecule has 4 nitrogen and oxygen atoms in total. The van der Waals surface area contributed by atoms with E-state index in [-0.39, 0.29) is 12.1 Å². The van der Waals surface area contributed by atoms with E-state index in [1.165, 1.54) is 0 Å². The topological polar surface area (TPSA) is 49.8 Å². The number of carbonyl (C=O) groups is 1. The fourth-order valence-electron chi connectivity index (χ4n) is 2.51. The lowest BCUT2D eigenvalue weighted by Gasteiger charge is -2.31. The highest BCUT2D eigenvalue weighted by atomic mass is 16.6. The lowest BCUT2D eigenvalue weighted by atomic mass is 10.1. The van der Waals surface area contributed by atoms with E-state index in [0.29, 0.717) is 12.0 Å². The van der Waals surface area contributed by atoms with Crippen LogP contribution in [-0.4, -0.2) is 39.9 Å². The summed E-state index contributed by atoms with van der Waals surface area (Å²) in [6.45, 7) is 7.33. The molecule has 16 heavy (non-hydrogen) atoms. The van der Waals surface area contributed by atoms with Crippen molar-refractivity contribution in [2.75, 3.05) is 0 Å². The first-order valence-electron chi connectivity index (χ1n) is 5.99. The first-order chi connectivity index (χ1) is 7.29. The third kappa shape index (κ3) is 2.17. The molecule has 0 spiro atoms. The highest BCUT2D eigenvalue weighted by Crippen LogP contribution is 2.49. The summed E-state index contributed by atoms with van der Waals surface area (Å²) in [6, 6.07) is 0.257. The molecular formula is C12H21NO3. The molecule has 0 aromatic carbocycles. The highest BCUT2D eigenvalue weighted by molar-refractivity contribution is 5.70. The van der Waals surface area contributed by atoms with Crippen molar-refractivity contribution in [2.24, 2.45) is 5.92 Å². The highest BCUT2D eigenvalue weighted by Gasteiger charge is 2.56. The molecule has 0 aromatic heterocycles. The molecule has 1 N–H and O–H groups in total. The second kappa shape index (κ2) is 3.62. The zero-order valence-corrected chi connectivity index (χ0v) is 10.4. The zero-order chi connectivity index (χ0) is 12.1. The van der Waals surface area contributed by atoms with E-state index in [9.17, 15) is 9.90 Å². The molecule has 2 aliphatic rings. The molecule has 1 amide bonds. The Labute approximate surface area is 96.6 Å². The molecule has 1 saturated heterocycles. The molecule has 0 aromatic rings. The minimum Gasteiger partial charge on any atom is -0.444 e. The van der Waals surface area contributed by atoms with Gasteiger partial charge in [-0.25, -0.2) is 4.79 Å². The van der Waals surface area contributed by atoms with Crippen LogP contribution in [0.25, 0.3) is 0 Å². The van der Waals surface area contributed by atoms with Crippen LogP contribution in [0.1, 0.15) is 40.5 Å². The fraction of sp³-hybridized carbons (Fsp3) is 0.917. The Kier molecular flexibility index (Phi) is 2.65. The molecule has 4 atom stereocenters. The number of rotatable bonds is 1. The lowest BCUT2D eigenvalue weighted by molar-refractivity contribution is 0.00182. The number of hydrogen-bond donors (Lipinski definition) is 1. The van der Waals surface area contributed by atoms with Gasteiger partial charge in [0, 0.05) is 6.04 Å². The molecule has 2 rings (SSSR count). The summed E-state index contributed by atoms with van der Waals surface area (Å²) < 4.78 is 5.38. The Morgan fingerprint density at radius 2 is 2.06 bits per heavy atom. The summed E-state index contributed by atoms with van der Waals surface area (Å²) in [5.74, 6) is 0.590. The molecular weight excluding hydrogens is 206 g/mol. The number of amides is 1. The van der Waals surface area contributed by atoms with Crippen molar-refractivity contribution in [1.29, 1.82) is 0 Å². The van der Waals surface area contributed by atoms with Gasteiger partial charge >= 0.3 is 6.09 Å². The molecule has 1 aliphatic heterocycles. The first kappa shape index (κ1) is 11.7. The number of fused-ring (bicyclic) bond motifs is 1. The molecule has 92 valence electrons. The number of aliphatic hydroxyl groups is 1. The monoisotopic (exact) mass is 227 g/mol. The molecule has 1 aliphatic carbocycles. The maximum Gasteiger partial charge on any atom is 0.410 e. The number of nitrogens with zero attached hydrogens (tertiary/aromatic N) is 1. The average Bonchev–Trinajstić information content (AvgIpc) is 2.73. The standard InChI is InChI=1S/C12H21NO3/c1-7(14)9-5-8-6-10(8)13(9)11(15)16-12(2,3)4/h7-10,14H,5-6H2,1-4H3/t7-,8+,9-,10-/m0/s1. The van der Waals surface area contributed by atoms with Crippen LogP contribution in [-0.2, 0) is 4.74 Å². The van der Waals surface area contributed by atoms with E-state index >= 15 is 0 Å². The molecule has 0 bridgehead atoms. The van der Waals surface area contributed by atoms with E-state index in [0.717, 1.165) is 12.8 Å². The van der Waals surface area contributed by atoms with Gasteiger partial charge < -0.3 is 9.84 Å². The number of likely N-dealkylation sites (tertiary alicyclic amines) is 1. The summed E-state index contributed by atoms with van der Waals surface area (Å²) in [7, 11) is 0. The Morgan fingerprint density at radius 1 is 1.44 bits per heavy atom. The number of ether oxygens (including phenoxy) is 1. The summed E-state index contributed by atoms with van der Waals surface area (Å²) in [4.78, 5) is 13.8. The van der Waals surface area contributed by atoms with Crippen LogP contribution < -0.4 is 0 Å². The summed E-state index contributed by atoms with van der Waals surface area (Å²) in [5, 5.41) is 9.66. The molecule has 1 saturated carbocycles. The molecule has 0 radical (unpaired) electrons. The van der Waals surface area contributed by atoms with Crippen LogP contribution in [0, 0.1) is 5.92 Å². The average molecular weight is 227 g/mol. The van der Waals surface area contributed by atoms with Crippen molar-refractivity contribution in [3.8, 4) is 0 Å². The van der Waals surface area contributed by atoms with E-state index in [1.54, 1.807) is 11.8 Å². The number of aliphatic hydroxyl groups excluding tert-OH is 1. The molecule has 4 heteroatoms. The van der Waals surface area contributed by atoms with Crippen molar-refractivity contribution < 1.29 is 14.6 Å². The van der Waals surface area contributed by atoms with Gasteiger partial charge in [0.25, 0.3) is 0 Å². The normalized spacial score (nSPS) is 34.6. The van der Waals surface area contributed by atoms with E-state index < -0.39 is 11.7 Å². The largest absolute Gasteiger partial charge is 0.444 e. The second-order valence-corrected chi connectivity index (χ2v) is 5.99. The summed E-state index contributed by atoms with van der Waals surface area (Å²) >= 11 is 0. The van der Waals surface area contributed by atoms with Crippen LogP contribution in [0.4, 0.5) is 4.79 Å². The van der Waals surface area contributed by atoms with Gasteiger partial charge in [-0.3, -0.25) is 4.90 Å². The zero-order valence-electron chi connectivity index (χ0n) is 10.4. The van der Waals surface area contributed by atoms with Gasteiger partial charge in [0.15, 0.2) is 0 Å². The van der Waals surface area contributed by atoms with Gasteiger partial charge in [-0.05, 0) is 46.5 Å². The van der Waals surface area contributed by atoms with Crippen molar-refractivity contribution in [3.63, 3.8) is 0 Å².